The summed E-state index contributed by atoms with van der Waals surface area (Å²) in [5.74, 6) is -0.139. The summed E-state index contributed by atoms with van der Waals surface area (Å²) >= 11 is 1.58. The fourth-order valence-corrected chi connectivity index (χ4v) is 3.41. The van der Waals surface area contributed by atoms with Crippen molar-refractivity contribution in [2.45, 2.75) is 36.3 Å². The Morgan fingerprint density at radius 2 is 1.64 bits per heavy atom. The lowest BCUT2D eigenvalue weighted by Crippen LogP contribution is -2.34. The predicted molar refractivity (Wildman–Crippen MR) is 92.1 cm³/mol. The fourth-order valence-electron chi connectivity index (χ4n) is 2.25. The summed E-state index contributed by atoms with van der Waals surface area (Å²) < 4.78 is 4.73. The number of carbonyl (C=O) groups is 1. The number of hydrogen-bond acceptors (Lipinski definition) is 3. The van der Waals surface area contributed by atoms with Crippen molar-refractivity contribution >= 4 is 17.7 Å². The summed E-state index contributed by atoms with van der Waals surface area (Å²) in [6, 6.07) is 20.3. The lowest BCUT2D eigenvalue weighted by Gasteiger charge is -2.26. The summed E-state index contributed by atoms with van der Waals surface area (Å²) in [6.07, 6.45) is 1.60. The minimum Gasteiger partial charge on any atom is -0.465 e. The maximum atomic E-state index is 12.4. The SMILES string of the molecule is CCOC(=O)C(C)(CCc1ccccc1)Sc1ccccc1. The van der Waals surface area contributed by atoms with Gasteiger partial charge in [-0.15, -0.1) is 11.8 Å². The van der Waals surface area contributed by atoms with Crippen LogP contribution >= 0.6 is 11.8 Å². The fraction of sp³-hybridized carbons (Fsp3) is 0.316. The van der Waals surface area contributed by atoms with E-state index in [1.54, 1.807) is 11.8 Å². The average Bonchev–Trinajstić information content (AvgIpc) is 2.55. The molecule has 2 nitrogen and oxygen atoms in total. The molecule has 1 atom stereocenters. The van der Waals surface area contributed by atoms with Crippen LogP contribution < -0.4 is 0 Å². The van der Waals surface area contributed by atoms with Gasteiger partial charge in [0.1, 0.15) is 4.75 Å². The van der Waals surface area contributed by atoms with Crippen molar-refractivity contribution in [2.75, 3.05) is 6.61 Å². The molecule has 0 saturated heterocycles. The third-order valence-corrected chi connectivity index (χ3v) is 4.86. The lowest BCUT2D eigenvalue weighted by molar-refractivity contribution is -0.145. The number of hydrogen-bond donors (Lipinski definition) is 0. The van der Waals surface area contributed by atoms with Crippen molar-refractivity contribution in [1.82, 2.24) is 0 Å². The van der Waals surface area contributed by atoms with Crippen molar-refractivity contribution in [1.29, 1.82) is 0 Å². The highest BCUT2D eigenvalue weighted by atomic mass is 32.2. The monoisotopic (exact) mass is 314 g/mol. The smallest absolute Gasteiger partial charge is 0.322 e. The molecule has 0 heterocycles. The minimum absolute atomic E-state index is 0.139. The van der Waals surface area contributed by atoms with Crippen molar-refractivity contribution in [2.24, 2.45) is 0 Å². The quantitative estimate of drug-likeness (QED) is 0.546. The van der Waals surface area contributed by atoms with E-state index in [0.29, 0.717) is 6.61 Å². The van der Waals surface area contributed by atoms with Gasteiger partial charge in [-0.25, -0.2) is 0 Å². The number of thioether (sulfide) groups is 1. The first-order valence-electron chi connectivity index (χ1n) is 7.59. The number of rotatable bonds is 7. The van der Waals surface area contributed by atoms with Crippen LogP contribution in [0.15, 0.2) is 65.6 Å². The summed E-state index contributed by atoms with van der Waals surface area (Å²) in [6.45, 7) is 4.24. The second-order valence-electron chi connectivity index (χ2n) is 5.35. The van der Waals surface area contributed by atoms with Gasteiger partial charge < -0.3 is 4.74 Å². The normalized spacial score (nSPS) is 13.4. The van der Waals surface area contributed by atoms with Crippen LogP contribution in [0.3, 0.4) is 0 Å². The molecule has 0 aliphatic heterocycles. The van der Waals surface area contributed by atoms with Crippen LogP contribution in [0, 0.1) is 0 Å². The summed E-state index contributed by atoms with van der Waals surface area (Å²) in [4.78, 5) is 13.5. The average molecular weight is 314 g/mol. The zero-order chi connectivity index (χ0) is 15.8. The topological polar surface area (TPSA) is 26.3 Å². The highest BCUT2D eigenvalue weighted by molar-refractivity contribution is 8.01. The van der Waals surface area contributed by atoms with Gasteiger partial charge in [0.25, 0.3) is 0 Å². The van der Waals surface area contributed by atoms with Crippen molar-refractivity contribution in [3.8, 4) is 0 Å². The van der Waals surface area contributed by atoms with Gasteiger partial charge in [0.05, 0.1) is 6.61 Å². The first-order valence-corrected chi connectivity index (χ1v) is 8.41. The molecule has 0 amide bonds. The van der Waals surface area contributed by atoms with Crippen LogP contribution in [0.4, 0.5) is 0 Å². The van der Waals surface area contributed by atoms with Crippen LogP contribution in [0.2, 0.25) is 0 Å². The largest absolute Gasteiger partial charge is 0.465 e. The van der Waals surface area contributed by atoms with E-state index in [2.05, 4.69) is 12.1 Å². The molecule has 2 aromatic rings. The van der Waals surface area contributed by atoms with Crippen molar-refractivity contribution in [3.63, 3.8) is 0 Å². The summed E-state index contributed by atoms with van der Waals surface area (Å²) in [7, 11) is 0. The van der Waals surface area contributed by atoms with Gasteiger partial charge in [0.15, 0.2) is 0 Å². The Kier molecular flexibility index (Phi) is 6.08. The molecule has 0 spiro atoms. The third kappa shape index (κ3) is 4.63. The molecule has 22 heavy (non-hydrogen) atoms. The standard InChI is InChI=1S/C19H22O2S/c1-3-21-18(20)19(2,22-17-12-8-5-9-13-17)15-14-16-10-6-4-7-11-16/h4-13H,3,14-15H2,1-2H3. The Balaban J connectivity index is 2.12. The Morgan fingerprint density at radius 3 is 2.23 bits per heavy atom. The number of esters is 1. The molecule has 2 aromatic carbocycles. The van der Waals surface area contributed by atoms with E-state index in [4.69, 9.17) is 4.74 Å². The highest BCUT2D eigenvalue weighted by Crippen LogP contribution is 2.37. The van der Waals surface area contributed by atoms with E-state index in [1.807, 2.05) is 62.4 Å². The summed E-state index contributed by atoms with van der Waals surface area (Å²) in [5, 5.41) is 0. The first-order chi connectivity index (χ1) is 10.6. The molecule has 0 aliphatic carbocycles. The van der Waals surface area contributed by atoms with Gasteiger partial charge >= 0.3 is 5.97 Å². The number of carbonyl (C=O) groups excluding carboxylic acids is 1. The zero-order valence-electron chi connectivity index (χ0n) is 13.1. The summed E-state index contributed by atoms with van der Waals surface area (Å²) in [5.41, 5.74) is 1.24. The molecule has 116 valence electrons. The van der Waals surface area contributed by atoms with E-state index in [0.717, 1.165) is 17.7 Å². The molecule has 0 radical (unpaired) electrons. The van der Waals surface area contributed by atoms with E-state index in [1.165, 1.54) is 5.56 Å². The molecular weight excluding hydrogens is 292 g/mol. The molecule has 1 unspecified atom stereocenters. The van der Waals surface area contributed by atoms with Gasteiger partial charge in [-0.3, -0.25) is 4.79 Å². The van der Waals surface area contributed by atoms with Crippen LogP contribution in [0.25, 0.3) is 0 Å². The van der Waals surface area contributed by atoms with Gasteiger partial charge in [0.2, 0.25) is 0 Å². The minimum atomic E-state index is -0.576. The number of benzene rings is 2. The maximum absolute atomic E-state index is 12.4. The Bertz CT molecular complexity index is 583. The Labute approximate surface area is 136 Å². The van der Waals surface area contributed by atoms with Crippen molar-refractivity contribution in [3.05, 3.63) is 66.2 Å². The molecule has 0 bridgehead atoms. The molecule has 0 N–H and O–H groups in total. The Hall–Kier alpha value is -1.74. The predicted octanol–water partition coefficient (Wildman–Crippen LogP) is 4.73. The molecular formula is C19H22O2S. The van der Waals surface area contributed by atoms with Crippen LogP contribution in [0.5, 0.6) is 0 Å². The first kappa shape index (κ1) is 16.6. The second kappa shape index (κ2) is 8.04. The molecule has 2 rings (SSSR count). The van der Waals surface area contributed by atoms with Gasteiger partial charge in [-0.05, 0) is 44.4 Å². The molecule has 3 heteroatoms. The zero-order valence-corrected chi connectivity index (χ0v) is 13.9. The molecule has 0 aromatic heterocycles. The van der Waals surface area contributed by atoms with Crippen molar-refractivity contribution < 1.29 is 9.53 Å². The highest BCUT2D eigenvalue weighted by Gasteiger charge is 2.35. The third-order valence-electron chi connectivity index (χ3n) is 3.53. The molecule has 0 saturated carbocycles. The van der Waals surface area contributed by atoms with E-state index >= 15 is 0 Å². The molecule has 0 fully saturated rings. The van der Waals surface area contributed by atoms with Gasteiger partial charge in [-0.2, -0.15) is 0 Å². The van der Waals surface area contributed by atoms with Crippen LogP contribution in [0.1, 0.15) is 25.8 Å². The van der Waals surface area contributed by atoms with Gasteiger partial charge in [0, 0.05) is 4.90 Å². The maximum Gasteiger partial charge on any atom is 0.322 e. The second-order valence-corrected chi connectivity index (χ2v) is 6.93. The number of ether oxygens (including phenoxy) is 1. The lowest BCUT2D eigenvalue weighted by atomic mass is 10.0. The van der Waals surface area contributed by atoms with E-state index in [9.17, 15) is 4.79 Å². The Morgan fingerprint density at radius 1 is 1.05 bits per heavy atom. The van der Waals surface area contributed by atoms with E-state index in [-0.39, 0.29) is 5.97 Å². The van der Waals surface area contributed by atoms with Crippen LogP contribution in [-0.4, -0.2) is 17.3 Å². The van der Waals surface area contributed by atoms with Crippen LogP contribution in [-0.2, 0) is 16.0 Å². The van der Waals surface area contributed by atoms with Gasteiger partial charge in [-0.1, -0.05) is 48.5 Å². The van der Waals surface area contributed by atoms with E-state index < -0.39 is 4.75 Å². The number of aryl methyl sites for hydroxylation is 1. The molecule has 0 aliphatic rings.